The maximum absolute atomic E-state index is 9.20. The van der Waals surface area contributed by atoms with Crippen molar-refractivity contribution in [3.8, 4) is 0 Å². The van der Waals surface area contributed by atoms with Crippen LogP contribution in [-0.2, 0) is 9.36 Å². The molecule has 6 N–H and O–H groups in total. The van der Waals surface area contributed by atoms with E-state index in [2.05, 4.69) is 0 Å². The Bertz CT molecular complexity index is 147. The summed E-state index contributed by atoms with van der Waals surface area (Å²) >= 11 is 0. The average Bonchev–Trinajstić information content (AvgIpc) is 1.59. The average molecular weight is 190 g/mol. The van der Waals surface area contributed by atoms with Crippen molar-refractivity contribution in [3.05, 3.63) is 0 Å². The maximum Gasteiger partial charge on any atom is 0.466 e. The van der Waals surface area contributed by atoms with Crippen LogP contribution in [-0.4, -0.2) is 42.3 Å². The second-order valence-corrected chi connectivity index (χ2v) is 2.25. The number of hydrogen-bond donors (Lipinski definition) is 6. The summed E-state index contributed by atoms with van der Waals surface area (Å²) in [6.07, 6.45) is -2.23. The fourth-order valence-electron chi connectivity index (χ4n) is 0. The summed E-state index contributed by atoms with van der Waals surface area (Å²) in [6.45, 7) is 0. The Morgan fingerprint density at radius 1 is 1.18 bits per heavy atom. The van der Waals surface area contributed by atoms with E-state index in [9.17, 15) is 4.79 Å². The monoisotopic (exact) mass is 190 g/mol. The van der Waals surface area contributed by atoms with E-state index in [4.69, 9.17) is 34.6 Å². The van der Waals surface area contributed by atoms with Crippen LogP contribution >= 0.6 is 7.82 Å². The van der Waals surface area contributed by atoms with Gasteiger partial charge in [-0.25, -0.2) is 9.36 Å². The summed E-state index contributed by atoms with van der Waals surface area (Å²) < 4.78 is 8.88. The van der Waals surface area contributed by atoms with Gasteiger partial charge in [0.1, 0.15) is 0 Å². The molecule has 0 atom stereocenters. The van der Waals surface area contributed by atoms with Gasteiger partial charge in [-0.05, 0) is 0 Å². The summed E-state index contributed by atoms with van der Waals surface area (Å²) in [4.78, 5) is 30.8. The van der Waals surface area contributed by atoms with Gasteiger partial charge in [-0.3, -0.25) is 0 Å². The highest BCUT2D eigenvalue weighted by Crippen LogP contribution is 2.25. The van der Waals surface area contributed by atoms with Crippen molar-refractivity contribution >= 4 is 13.8 Å². The normalized spacial score (nSPS) is 10.4. The van der Waals surface area contributed by atoms with Crippen LogP contribution in [0, 0.1) is 0 Å². The van der Waals surface area contributed by atoms with E-state index in [0.29, 0.717) is 0 Å². The Labute approximate surface area is 60.6 Å². The molecule has 0 aromatic carbocycles. The molecule has 0 saturated heterocycles. The molecule has 8 nitrogen and oxygen atoms in total. The third kappa shape index (κ3) is 43.6. The molecule has 9 heteroatoms. The SMILES string of the molecule is O=C(O)C(O)O.O=P(O)(O)O. The molecular formula is C2H7O8P. The molecule has 11 heavy (non-hydrogen) atoms. The summed E-state index contributed by atoms with van der Waals surface area (Å²) in [5.74, 6) is -1.63. The molecule has 68 valence electrons. The van der Waals surface area contributed by atoms with Crippen molar-refractivity contribution in [3.63, 3.8) is 0 Å². The van der Waals surface area contributed by atoms with Crippen LogP contribution in [0.2, 0.25) is 0 Å². The first-order valence-electron chi connectivity index (χ1n) is 2.02. The minimum atomic E-state index is -4.64. The standard InChI is InChI=1S/C2H4O4.H3O4P/c3-1(4)2(5)6;1-5(2,3)4/h1,3-4H,(H,5,6);(H3,1,2,3,4). The van der Waals surface area contributed by atoms with Crippen molar-refractivity contribution in [2.24, 2.45) is 0 Å². The van der Waals surface area contributed by atoms with Crippen LogP contribution in [0.5, 0.6) is 0 Å². The molecule has 0 radical (unpaired) electrons. The van der Waals surface area contributed by atoms with Crippen molar-refractivity contribution in [1.82, 2.24) is 0 Å². The molecule has 0 aliphatic carbocycles. The molecule has 0 aliphatic rings. The number of carboxylic acid groups (broad SMARTS) is 1. The van der Waals surface area contributed by atoms with Gasteiger partial charge < -0.3 is 30.0 Å². The smallest absolute Gasteiger partial charge is 0.466 e. The van der Waals surface area contributed by atoms with E-state index in [1.54, 1.807) is 0 Å². The lowest BCUT2D eigenvalue weighted by atomic mass is 10.7. The van der Waals surface area contributed by atoms with Crippen molar-refractivity contribution in [2.75, 3.05) is 0 Å². The first-order chi connectivity index (χ1) is 4.64. The Morgan fingerprint density at radius 3 is 1.27 bits per heavy atom. The minimum Gasteiger partial charge on any atom is -0.477 e. The van der Waals surface area contributed by atoms with Crippen LogP contribution < -0.4 is 0 Å². The second kappa shape index (κ2) is 5.19. The zero-order valence-corrected chi connectivity index (χ0v) is 5.92. The molecular weight excluding hydrogens is 183 g/mol. The third-order valence-electron chi connectivity index (χ3n) is 0.221. The molecule has 0 aromatic rings. The van der Waals surface area contributed by atoms with Gasteiger partial charge in [-0.2, -0.15) is 0 Å². The van der Waals surface area contributed by atoms with Crippen LogP contribution in [0.15, 0.2) is 0 Å². The van der Waals surface area contributed by atoms with Gasteiger partial charge in [-0.15, -0.1) is 0 Å². The highest BCUT2D eigenvalue weighted by Gasteiger charge is 2.04. The quantitative estimate of drug-likeness (QED) is 0.195. The van der Waals surface area contributed by atoms with Gasteiger partial charge in [0.25, 0.3) is 6.29 Å². The second-order valence-electron chi connectivity index (χ2n) is 1.23. The summed E-state index contributed by atoms with van der Waals surface area (Å²) in [6, 6.07) is 0. The van der Waals surface area contributed by atoms with E-state index in [-0.39, 0.29) is 0 Å². The van der Waals surface area contributed by atoms with Crippen LogP contribution in [0.3, 0.4) is 0 Å². The zero-order valence-electron chi connectivity index (χ0n) is 5.02. The van der Waals surface area contributed by atoms with Gasteiger partial charge in [0, 0.05) is 0 Å². The molecule has 0 heterocycles. The molecule has 0 fully saturated rings. The van der Waals surface area contributed by atoms with Crippen LogP contribution in [0.25, 0.3) is 0 Å². The summed E-state index contributed by atoms with van der Waals surface area (Å²) in [5, 5.41) is 22.7. The largest absolute Gasteiger partial charge is 0.477 e. The number of aliphatic hydroxyl groups is 2. The molecule has 0 saturated carbocycles. The molecule has 0 rings (SSSR count). The van der Waals surface area contributed by atoms with E-state index in [1.165, 1.54) is 0 Å². The summed E-state index contributed by atoms with van der Waals surface area (Å²) in [7, 11) is -4.64. The van der Waals surface area contributed by atoms with Crippen LogP contribution in [0.1, 0.15) is 0 Å². The molecule has 0 unspecified atom stereocenters. The number of rotatable bonds is 1. The van der Waals surface area contributed by atoms with E-state index in [1.807, 2.05) is 0 Å². The lowest BCUT2D eigenvalue weighted by molar-refractivity contribution is -0.165. The van der Waals surface area contributed by atoms with E-state index >= 15 is 0 Å². The number of carboxylic acids is 1. The Morgan fingerprint density at radius 2 is 1.27 bits per heavy atom. The first kappa shape index (κ1) is 13.1. The Kier molecular flexibility index (Phi) is 6.19. The van der Waals surface area contributed by atoms with Crippen molar-refractivity contribution in [1.29, 1.82) is 0 Å². The Balaban J connectivity index is 0. The Hall–Kier alpha value is -0.500. The number of phosphoric acid groups is 1. The van der Waals surface area contributed by atoms with Gasteiger partial charge in [0.15, 0.2) is 0 Å². The van der Waals surface area contributed by atoms with Crippen LogP contribution in [0.4, 0.5) is 0 Å². The minimum absolute atomic E-state index is 1.63. The highest BCUT2D eigenvalue weighted by molar-refractivity contribution is 7.45. The third-order valence-corrected chi connectivity index (χ3v) is 0.221. The number of aliphatic carboxylic acids is 1. The van der Waals surface area contributed by atoms with Gasteiger partial charge in [-0.1, -0.05) is 0 Å². The lowest BCUT2D eigenvalue weighted by Crippen LogP contribution is -2.17. The maximum atomic E-state index is 9.20. The summed E-state index contributed by atoms with van der Waals surface area (Å²) in [5.41, 5.74) is 0. The van der Waals surface area contributed by atoms with Gasteiger partial charge >= 0.3 is 13.8 Å². The van der Waals surface area contributed by atoms with E-state index < -0.39 is 20.1 Å². The van der Waals surface area contributed by atoms with Gasteiger partial charge in [0.2, 0.25) is 0 Å². The van der Waals surface area contributed by atoms with Gasteiger partial charge in [0.05, 0.1) is 0 Å². The number of carbonyl (C=O) groups is 1. The molecule has 0 spiro atoms. The predicted octanol–water partition coefficient (Wildman–Crippen LogP) is -2.55. The van der Waals surface area contributed by atoms with Crippen molar-refractivity contribution < 1.29 is 39.4 Å². The molecule has 0 bridgehead atoms. The molecule has 0 amide bonds. The first-order valence-corrected chi connectivity index (χ1v) is 3.58. The topological polar surface area (TPSA) is 156 Å². The van der Waals surface area contributed by atoms with E-state index in [0.717, 1.165) is 0 Å². The predicted molar refractivity (Wildman–Crippen MR) is 30.1 cm³/mol. The molecule has 0 aliphatic heterocycles. The fourth-order valence-corrected chi connectivity index (χ4v) is 0. The number of hydrogen-bond acceptors (Lipinski definition) is 4. The molecule has 0 aromatic heterocycles. The fraction of sp³-hybridized carbons (Fsp3) is 0.500. The lowest BCUT2D eigenvalue weighted by Gasteiger charge is -1.88. The number of aliphatic hydroxyl groups excluding tert-OH is 1. The zero-order chi connectivity index (χ0) is 9.65. The highest BCUT2D eigenvalue weighted by atomic mass is 31.2. The van der Waals surface area contributed by atoms with Crippen molar-refractivity contribution in [2.45, 2.75) is 6.29 Å².